The van der Waals surface area contributed by atoms with Gasteiger partial charge in [0.1, 0.15) is 0 Å². The van der Waals surface area contributed by atoms with Crippen LogP contribution in [0, 0.1) is 5.92 Å². The van der Waals surface area contributed by atoms with Crippen LogP contribution in [0.5, 0.6) is 0 Å². The maximum atomic E-state index is 12.4. The number of nitrogens with zero attached hydrogens (tertiary/aromatic N) is 2. The minimum absolute atomic E-state index is 0.00621. The number of amides is 1. The molecular weight excluding hydrogens is 256 g/mol. The molecule has 1 amide bonds. The Morgan fingerprint density at radius 1 is 1.50 bits per heavy atom. The number of ether oxygens (including phenoxy) is 1. The summed E-state index contributed by atoms with van der Waals surface area (Å²) in [6.45, 7) is 0.742. The summed E-state index contributed by atoms with van der Waals surface area (Å²) in [6.07, 6.45) is 4.48. The Morgan fingerprint density at radius 2 is 2.40 bits per heavy atom. The van der Waals surface area contributed by atoms with E-state index < -0.39 is 0 Å². The van der Waals surface area contributed by atoms with Crippen molar-refractivity contribution >= 4 is 11.4 Å². The van der Waals surface area contributed by atoms with Gasteiger partial charge in [-0.15, -0.1) is 0 Å². The minimum atomic E-state index is -0.138. The number of nitrogens with one attached hydrogen (secondary N) is 1. The molecule has 2 fully saturated rings. The fourth-order valence-electron chi connectivity index (χ4n) is 3.27. The fourth-order valence-corrected chi connectivity index (χ4v) is 3.27. The number of fused-ring (bicyclic) bond motifs is 2. The molecule has 0 radical (unpaired) electrons. The van der Waals surface area contributed by atoms with Crippen molar-refractivity contribution in [1.29, 1.82) is 0 Å². The van der Waals surface area contributed by atoms with E-state index in [-0.39, 0.29) is 24.1 Å². The predicted octanol–water partition coefficient (Wildman–Crippen LogP) is 0.179. The van der Waals surface area contributed by atoms with Crippen molar-refractivity contribution in [3.63, 3.8) is 0 Å². The SMILES string of the molecule is NC1C2CCOC2C1NC(=O)c1cnn2ccccc12. The number of carbonyl (C=O) groups excluding carboxylic acids is 1. The molecule has 0 spiro atoms. The minimum Gasteiger partial charge on any atom is -0.376 e. The topological polar surface area (TPSA) is 81.6 Å². The lowest BCUT2D eigenvalue weighted by atomic mass is 9.72. The van der Waals surface area contributed by atoms with E-state index in [1.807, 2.05) is 24.4 Å². The first kappa shape index (κ1) is 11.9. The molecule has 1 aliphatic heterocycles. The summed E-state index contributed by atoms with van der Waals surface area (Å²) in [5, 5.41) is 7.16. The molecule has 2 aliphatic rings. The number of carbonyl (C=O) groups is 1. The molecule has 1 saturated heterocycles. The molecule has 0 bridgehead atoms. The number of pyridine rings is 1. The van der Waals surface area contributed by atoms with E-state index in [1.165, 1.54) is 0 Å². The van der Waals surface area contributed by atoms with Gasteiger partial charge in [0, 0.05) is 24.8 Å². The molecule has 20 heavy (non-hydrogen) atoms. The van der Waals surface area contributed by atoms with Crippen LogP contribution in [0.3, 0.4) is 0 Å². The van der Waals surface area contributed by atoms with E-state index in [0.717, 1.165) is 18.5 Å². The van der Waals surface area contributed by atoms with Crippen molar-refractivity contribution in [3.8, 4) is 0 Å². The van der Waals surface area contributed by atoms with Gasteiger partial charge in [0.25, 0.3) is 5.91 Å². The molecule has 1 aliphatic carbocycles. The average molecular weight is 272 g/mol. The Bertz CT molecular complexity index is 668. The third kappa shape index (κ3) is 1.58. The first-order chi connectivity index (χ1) is 9.75. The van der Waals surface area contributed by atoms with Crippen LogP contribution in [0.1, 0.15) is 16.8 Å². The van der Waals surface area contributed by atoms with Gasteiger partial charge in [0.05, 0.1) is 29.4 Å². The van der Waals surface area contributed by atoms with E-state index in [2.05, 4.69) is 10.4 Å². The second-order valence-corrected chi connectivity index (χ2v) is 5.45. The molecule has 2 aromatic heterocycles. The molecule has 3 heterocycles. The average Bonchev–Trinajstić information content (AvgIpc) is 3.08. The Balaban J connectivity index is 1.56. The standard InChI is InChI=1S/C14H16N4O2/c15-11-8-4-6-20-13(8)12(11)17-14(19)9-7-16-18-5-2-1-3-10(9)18/h1-3,5,7-8,11-13H,4,6,15H2,(H,17,19). The Morgan fingerprint density at radius 3 is 3.30 bits per heavy atom. The predicted molar refractivity (Wildman–Crippen MR) is 72.3 cm³/mol. The van der Waals surface area contributed by atoms with E-state index in [1.54, 1.807) is 10.7 Å². The van der Waals surface area contributed by atoms with Crippen molar-refractivity contribution in [1.82, 2.24) is 14.9 Å². The zero-order valence-corrected chi connectivity index (χ0v) is 10.9. The van der Waals surface area contributed by atoms with Crippen molar-refractivity contribution < 1.29 is 9.53 Å². The Labute approximate surface area is 115 Å². The molecule has 104 valence electrons. The quantitative estimate of drug-likeness (QED) is 0.817. The lowest BCUT2D eigenvalue weighted by Gasteiger charge is -2.45. The van der Waals surface area contributed by atoms with Crippen molar-refractivity contribution in [3.05, 3.63) is 36.2 Å². The van der Waals surface area contributed by atoms with Crippen molar-refractivity contribution in [2.45, 2.75) is 24.6 Å². The number of rotatable bonds is 2. The summed E-state index contributed by atoms with van der Waals surface area (Å²) in [6, 6.07) is 5.54. The van der Waals surface area contributed by atoms with Gasteiger partial charge in [-0.2, -0.15) is 5.10 Å². The highest BCUT2D eigenvalue weighted by Gasteiger charge is 2.52. The van der Waals surface area contributed by atoms with Crippen LogP contribution < -0.4 is 11.1 Å². The number of nitrogens with two attached hydrogens (primary N) is 1. The zero-order chi connectivity index (χ0) is 13.7. The Kier molecular flexibility index (Phi) is 2.55. The third-order valence-corrected chi connectivity index (χ3v) is 4.42. The van der Waals surface area contributed by atoms with Crippen LogP contribution in [0.4, 0.5) is 0 Å². The Hall–Kier alpha value is -1.92. The van der Waals surface area contributed by atoms with Gasteiger partial charge in [0.15, 0.2) is 0 Å². The van der Waals surface area contributed by atoms with Gasteiger partial charge < -0.3 is 15.8 Å². The number of hydrogen-bond acceptors (Lipinski definition) is 4. The summed E-state index contributed by atoms with van der Waals surface area (Å²) in [5.41, 5.74) is 7.47. The van der Waals surface area contributed by atoms with Gasteiger partial charge >= 0.3 is 0 Å². The first-order valence-corrected chi connectivity index (χ1v) is 6.86. The van der Waals surface area contributed by atoms with Crippen LogP contribution in [0.15, 0.2) is 30.6 Å². The van der Waals surface area contributed by atoms with Gasteiger partial charge in [-0.1, -0.05) is 6.07 Å². The molecule has 4 unspecified atom stereocenters. The second-order valence-electron chi connectivity index (χ2n) is 5.45. The highest BCUT2D eigenvalue weighted by Crippen LogP contribution is 2.37. The summed E-state index contributed by atoms with van der Waals surface area (Å²) in [5.74, 6) is 0.254. The summed E-state index contributed by atoms with van der Waals surface area (Å²) in [7, 11) is 0. The summed E-state index contributed by atoms with van der Waals surface area (Å²) in [4.78, 5) is 12.4. The maximum absolute atomic E-state index is 12.4. The highest BCUT2D eigenvalue weighted by atomic mass is 16.5. The van der Waals surface area contributed by atoms with E-state index >= 15 is 0 Å². The van der Waals surface area contributed by atoms with Crippen molar-refractivity contribution in [2.24, 2.45) is 11.7 Å². The largest absolute Gasteiger partial charge is 0.376 e. The normalized spacial score (nSPS) is 31.9. The van der Waals surface area contributed by atoms with Crippen LogP contribution in [0.2, 0.25) is 0 Å². The van der Waals surface area contributed by atoms with Crippen LogP contribution in [-0.4, -0.2) is 40.3 Å². The molecule has 4 rings (SSSR count). The van der Waals surface area contributed by atoms with E-state index in [0.29, 0.717) is 11.5 Å². The second kappa shape index (κ2) is 4.29. The lowest BCUT2D eigenvalue weighted by molar-refractivity contribution is -0.0160. The molecule has 4 atom stereocenters. The van der Waals surface area contributed by atoms with Gasteiger partial charge in [-0.25, -0.2) is 4.52 Å². The first-order valence-electron chi connectivity index (χ1n) is 6.86. The van der Waals surface area contributed by atoms with Gasteiger partial charge in [0.2, 0.25) is 0 Å². The zero-order valence-electron chi connectivity index (χ0n) is 10.9. The monoisotopic (exact) mass is 272 g/mol. The molecule has 0 aromatic carbocycles. The molecule has 2 aromatic rings. The molecule has 3 N–H and O–H groups in total. The molecule has 1 saturated carbocycles. The summed E-state index contributed by atoms with van der Waals surface area (Å²) < 4.78 is 7.31. The molecule has 6 heteroatoms. The van der Waals surface area contributed by atoms with Gasteiger partial charge in [-0.3, -0.25) is 4.79 Å². The van der Waals surface area contributed by atoms with Crippen LogP contribution >= 0.6 is 0 Å². The van der Waals surface area contributed by atoms with Crippen LogP contribution in [0.25, 0.3) is 5.52 Å². The highest BCUT2D eigenvalue weighted by molar-refractivity contribution is 6.00. The van der Waals surface area contributed by atoms with E-state index in [9.17, 15) is 4.79 Å². The molecule has 6 nitrogen and oxygen atoms in total. The summed E-state index contributed by atoms with van der Waals surface area (Å²) >= 11 is 0. The maximum Gasteiger partial charge on any atom is 0.255 e. The molecular formula is C14H16N4O2. The van der Waals surface area contributed by atoms with Gasteiger partial charge in [-0.05, 0) is 18.6 Å². The smallest absolute Gasteiger partial charge is 0.255 e. The number of hydrogen-bond donors (Lipinski definition) is 2. The van der Waals surface area contributed by atoms with E-state index in [4.69, 9.17) is 10.5 Å². The lowest BCUT2D eigenvalue weighted by Crippen LogP contribution is -2.68. The fraction of sp³-hybridized carbons (Fsp3) is 0.429. The third-order valence-electron chi connectivity index (χ3n) is 4.42. The number of aromatic nitrogens is 2. The van der Waals surface area contributed by atoms with Crippen LogP contribution in [-0.2, 0) is 4.74 Å². The van der Waals surface area contributed by atoms with Crippen molar-refractivity contribution in [2.75, 3.05) is 6.61 Å².